The molecule has 0 aromatic carbocycles. The van der Waals surface area contributed by atoms with Gasteiger partial charge in [-0.15, -0.1) is 11.3 Å². The summed E-state index contributed by atoms with van der Waals surface area (Å²) in [5, 5.41) is 3.78. The van der Waals surface area contributed by atoms with E-state index in [1.807, 2.05) is 11.3 Å². The second-order valence-electron chi connectivity index (χ2n) is 5.35. The number of aryl methyl sites for hydroxylation is 1. The SMILES string of the molecule is CCCNC(CCc1ccc(Br)s1)C1CCCC1. The van der Waals surface area contributed by atoms with Gasteiger partial charge in [-0.25, -0.2) is 0 Å². The number of hydrogen-bond acceptors (Lipinski definition) is 2. The fourth-order valence-electron chi connectivity index (χ4n) is 2.98. The molecule has 1 fully saturated rings. The predicted octanol–water partition coefficient (Wildman–Crippen LogP) is 5.00. The van der Waals surface area contributed by atoms with E-state index in [0.717, 1.165) is 12.0 Å². The molecule has 0 saturated heterocycles. The summed E-state index contributed by atoms with van der Waals surface area (Å²) in [6.07, 6.45) is 9.55. The molecule has 0 radical (unpaired) electrons. The number of thiophene rings is 1. The monoisotopic (exact) mass is 329 g/mol. The van der Waals surface area contributed by atoms with Crippen molar-refractivity contribution in [1.29, 1.82) is 0 Å². The smallest absolute Gasteiger partial charge is 0.0701 e. The van der Waals surface area contributed by atoms with Crippen LogP contribution in [0, 0.1) is 5.92 Å². The normalized spacial score (nSPS) is 18.3. The molecule has 1 unspecified atom stereocenters. The first-order valence-electron chi connectivity index (χ1n) is 7.27. The van der Waals surface area contributed by atoms with Crippen molar-refractivity contribution in [2.75, 3.05) is 6.54 Å². The summed E-state index contributed by atoms with van der Waals surface area (Å²) >= 11 is 5.44. The molecule has 0 spiro atoms. The Labute approximate surface area is 123 Å². The van der Waals surface area contributed by atoms with E-state index < -0.39 is 0 Å². The van der Waals surface area contributed by atoms with Crippen molar-refractivity contribution in [3.63, 3.8) is 0 Å². The van der Waals surface area contributed by atoms with Gasteiger partial charge in [-0.05, 0) is 72.6 Å². The van der Waals surface area contributed by atoms with Gasteiger partial charge < -0.3 is 5.32 Å². The Morgan fingerprint density at radius 1 is 1.39 bits per heavy atom. The van der Waals surface area contributed by atoms with Gasteiger partial charge in [0.25, 0.3) is 0 Å². The molecule has 1 saturated carbocycles. The quantitative estimate of drug-likeness (QED) is 0.742. The van der Waals surface area contributed by atoms with E-state index in [1.165, 1.54) is 60.2 Å². The molecule has 1 aromatic rings. The van der Waals surface area contributed by atoms with Gasteiger partial charge in [-0.2, -0.15) is 0 Å². The molecule has 1 aromatic heterocycles. The zero-order chi connectivity index (χ0) is 12.8. The van der Waals surface area contributed by atoms with Crippen LogP contribution in [-0.4, -0.2) is 12.6 Å². The molecule has 3 heteroatoms. The maximum Gasteiger partial charge on any atom is 0.0701 e. The lowest BCUT2D eigenvalue weighted by molar-refractivity contribution is 0.341. The molecular formula is C15H24BrNS. The Kier molecular flexibility index (Phi) is 6.19. The standard InChI is InChI=1S/C15H24BrNS/c1-2-11-17-14(12-5-3-4-6-12)9-7-13-8-10-15(16)18-13/h8,10,12,14,17H,2-7,9,11H2,1H3. The van der Waals surface area contributed by atoms with Crippen molar-refractivity contribution < 1.29 is 0 Å². The third-order valence-electron chi connectivity index (χ3n) is 3.96. The van der Waals surface area contributed by atoms with Crippen molar-refractivity contribution in [2.24, 2.45) is 5.92 Å². The minimum absolute atomic E-state index is 0.744. The highest BCUT2D eigenvalue weighted by Gasteiger charge is 2.24. The summed E-state index contributed by atoms with van der Waals surface area (Å²) in [6, 6.07) is 5.18. The van der Waals surface area contributed by atoms with Gasteiger partial charge in [0, 0.05) is 10.9 Å². The van der Waals surface area contributed by atoms with E-state index in [9.17, 15) is 0 Å². The van der Waals surface area contributed by atoms with Crippen molar-refractivity contribution in [3.8, 4) is 0 Å². The van der Waals surface area contributed by atoms with Crippen molar-refractivity contribution in [3.05, 3.63) is 20.8 Å². The average molecular weight is 330 g/mol. The van der Waals surface area contributed by atoms with Crippen LogP contribution >= 0.6 is 27.3 Å². The fraction of sp³-hybridized carbons (Fsp3) is 0.733. The van der Waals surface area contributed by atoms with Crippen LogP contribution in [0.3, 0.4) is 0 Å². The third kappa shape index (κ3) is 4.36. The second kappa shape index (κ2) is 7.66. The van der Waals surface area contributed by atoms with Crippen LogP contribution in [0.15, 0.2) is 15.9 Å². The lowest BCUT2D eigenvalue weighted by Gasteiger charge is -2.24. The molecule has 1 N–H and O–H groups in total. The summed E-state index contributed by atoms with van der Waals surface area (Å²) < 4.78 is 1.26. The largest absolute Gasteiger partial charge is 0.314 e. The van der Waals surface area contributed by atoms with Crippen LogP contribution in [-0.2, 0) is 6.42 Å². The lowest BCUT2D eigenvalue weighted by atomic mass is 9.93. The molecule has 0 amide bonds. The summed E-state index contributed by atoms with van der Waals surface area (Å²) in [7, 11) is 0. The van der Waals surface area contributed by atoms with Gasteiger partial charge in [0.05, 0.1) is 3.79 Å². The maximum atomic E-state index is 3.78. The Bertz CT molecular complexity index is 344. The zero-order valence-corrected chi connectivity index (χ0v) is 13.7. The van der Waals surface area contributed by atoms with Crippen LogP contribution in [0.1, 0.15) is 50.3 Å². The van der Waals surface area contributed by atoms with E-state index in [2.05, 4.69) is 40.3 Å². The van der Waals surface area contributed by atoms with E-state index in [1.54, 1.807) is 0 Å². The van der Waals surface area contributed by atoms with Crippen LogP contribution in [0.25, 0.3) is 0 Å². The molecular weight excluding hydrogens is 306 g/mol. The number of rotatable bonds is 7. The molecule has 1 heterocycles. The van der Waals surface area contributed by atoms with E-state index >= 15 is 0 Å². The van der Waals surface area contributed by atoms with Crippen molar-refractivity contribution in [2.45, 2.75) is 57.9 Å². The third-order valence-corrected chi connectivity index (χ3v) is 5.64. The first kappa shape index (κ1) is 14.5. The molecule has 102 valence electrons. The number of hydrogen-bond donors (Lipinski definition) is 1. The highest BCUT2D eigenvalue weighted by Crippen LogP contribution is 2.30. The minimum atomic E-state index is 0.744. The average Bonchev–Trinajstić information content (AvgIpc) is 3.01. The number of nitrogens with one attached hydrogen (secondary N) is 1. The van der Waals surface area contributed by atoms with Gasteiger partial charge in [0.2, 0.25) is 0 Å². The summed E-state index contributed by atoms with van der Waals surface area (Å²) in [5.41, 5.74) is 0. The molecule has 1 aliphatic carbocycles. The molecule has 1 nitrogen and oxygen atoms in total. The Balaban J connectivity index is 1.83. The Hall–Kier alpha value is 0.140. The first-order valence-corrected chi connectivity index (χ1v) is 8.88. The van der Waals surface area contributed by atoms with Crippen LogP contribution in [0.2, 0.25) is 0 Å². The van der Waals surface area contributed by atoms with E-state index in [-0.39, 0.29) is 0 Å². The van der Waals surface area contributed by atoms with Gasteiger partial charge in [-0.1, -0.05) is 19.8 Å². The molecule has 2 rings (SSSR count). The Morgan fingerprint density at radius 3 is 2.78 bits per heavy atom. The fourth-order valence-corrected chi connectivity index (χ4v) is 4.48. The molecule has 0 bridgehead atoms. The lowest BCUT2D eigenvalue weighted by Crippen LogP contribution is -2.36. The predicted molar refractivity (Wildman–Crippen MR) is 84.4 cm³/mol. The highest BCUT2D eigenvalue weighted by atomic mass is 79.9. The summed E-state index contributed by atoms with van der Waals surface area (Å²) in [6.45, 7) is 3.43. The topological polar surface area (TPSA) is 12.0 Å². The molecule has 18 heavy (non-hydrogen) atoms. The zero-order valence-electron chi connectivity index (χ0n) is 11.3. The van der Waals surface area contributed by atoms with E-state index in [0.29, 0.717) is 0 Å². The summed E-state index contributed by atoms with van der Waals surface area (Å²) in [5.74, 6) is 0.931. The van der Waals surface area contributed by atoms with Crippen LogP contribution in [0.4, 0.5) is 0 Å². The van der Waals surface area contributed by atoms with Gasteiger partial charge in [-0.3, -0.25) is 0 Å². The van der Waals surface area contributed by atoms with Crippen molar-refractivity contribution in [1.82, 2.24) is 5.32 Å². The molecule has 1 aliphatic rings. The minimum Gasteiger partial charge on any atom is -0.314 e. The molecule has 0 aliphatic heterocycles. The number of halogens is 1. The summed E-state index contributed by atoms with van der Waals surface area (Å²) in [4.78, 5) is 1.52. The maximum absolute atomic E-state index is 3.78. The van der Waals surface area contributed by atoms with Crippen LogP contribution in [0.5, 0.6) is 0 Å². The van der Waals surface area contributed by atoms with Gasteiger partial charge in [0.15, 0.2) is 0 Å². The van der Waals surface area contributed by atoms with Gasteiger partial charge in [0.1, 0.15) is 0 Å². The molecule has 1 atom stereocenters. The first-order chi connectivity index (χ1) is 8.79. The Morgan fingerprint density at radius 2 is 2.17 bits per heavy atom. The second-order valence-corrected chi connectivity index (χ2v) is 7.90. The van der Waals surface area contributed by atoms with Crippen LogP contribution < -0.4 is 5.32 Å². The highest BCUT2D eigenvalue weighted by molar-refractivity contribution is 9.11. The van der Waals surface area contributed by atoms with Crippen molar-refractivity contribution >= 4 is 27.3 Å². The van der Waals surface area contributed by atoms with Gasteiger partial charge >= 0.3 is 0 Å². The van der Waals surface area contributed by atoms with E-state index in [4.69, 9.17) is 0 Å².